The number of aliphatic hydroxyl groups is 2. The molecule has 11 heteroatoms. The zero-order valence-electron chi connectivity index (χ0n) is 19.1. The van der Waals surface area contributed by atoms with E-state index in [0.29, 0.717) is 11.3 Å². The van der Waals surface area contributed by atoms with Crippen LogP contribution in [0, 0.1) is 0 Å². The van der Waals surface area contributed by atoms with E-state index in [1.54, 1.807) is 31.6 Å². The third-order valence-corrected chi connectivity index (χ3v) is 6.07. The van der Waals surface area contributed by atoms with Crippen LogP contribution in [0.1, 0.15) is 43.6 Å². The molecule has 0 spiro atoms. The van der Waals surface area contributed by atoms with Crippen LogP contribution in [-0.4, -0.2) is 58.9 Å². The molecule has 11 nitrogen and oxygen atoms in total. The van der Waals surface area contributed by atoms with Crippen molar-refractivity contribution in [3.05, 3.63) is 65.7 Å². The van der Waals surface area contributed by atoms with Gasteiger partial charge in [-0.1, -0.05) is 12.1 Å². The summed E-state index contributed by atoms with van der Waals surface area (Å²) in [6.45, 7) is 5.37. The smallest absolute Gasteiger partial charge is 0.255 e. The van der Waals surface area contributed by atoms with Gasteiger partial charge in [0.1, 0.15) is 0 Å². The maximum atomic E-state index is 13.0. The van der Waals surface area contributed by atoms with Gasteiger partial charge in [0.05, 0.1) is 29.5 Å². The van der Waals surface area contributed by atoms with Crippen LogP contribution in [0.4, 0.5) is 5.95 Å². The molecule has 2 aromatic heterocycles. The van der Waals surface area contributed by atoms with Gasteiger partial charge in [-0.15, -0.1) is 0 Å². The van der Waals surface area contributed by atoms with Crippen molar-refractivity contribution in [3.63, 3.8) is 0 Å². The first kappa shape index (κ1) is 23.3. The lowest BCUT2D eigenvalue weighted by atomic mass is 9.99. The average Bonchev–Trinajstić information content (AvgIpc) is 3.44. The van der Waals surface area contributed by atoms with Crippen molar-refractivity contribution in [1.82, 2.24) is 30.0 Å². The van der Waals surface area contributed by atoms with Crippen molar-refractivity contribution >= 4 is 17.8 Å². The van der Waals surface area contributed by atoms with E-state index in [2.05, 4.69) is 20.4 Å². The largest absolute Gasteiger partial charge is 0.380 e. The van der Waals surface area contributed by atoms with Gasteiger partial charge in [0.25, 0.3) is 11.8 Å². The van der Waals surface area contributed by atoms with Gasteiger partial charge < -0.3 is 26.2 Å². The molecule has 5 N–H and O–H groups in total. The second kappa shape index (κ2) is 8.84. The highest BCUT2D eigenvalue weighted by molar-refractivity contribution is 5.91. The lowest BCUT2D eigenvalue weighted by Crippen LogP contribution is -2.53. The summed E-state index contributed by atoms with van der Waals surface area (Å²) in [4.78, 5) is 35.2. The molecule has 0 aliphatic carbocycles. The van der Waals surface area contributed by atoms with Gasteiger partial charge >= 0.3 is 0 Å². The Morgan fingerprint density at radius 3 is 2.53 bits per heavy atom. The zero-order valence-corrected chi connectivity index (χ0v) is 19.1. The van der Waals surface area contributed by atoms with E-state index >= 15 is 0 Å². The number of carbonyl (C=O) groups excluding carboxylic acids is 2. The number of anilines is 1. The van der Waals surface area contributed by atoms with Gasteiger partial charge in [0.15, 0.2) is 12.2 Å². The van der Waals surface area contributed by atoms with E-state index in [9.17, 15) is 19.8 Å². The molecule has 1 aromatic carbocycles. The van der Waals surface area contributed by atoms with E-state index in [-0.39, 0.29) is 12.5 Å². The quantitative estimate of drug-likeness (QED) is 0.408. The summed E-state index contributed by atoms with van der Waals surface area (Å²) < 4.78 is 1.71. The Morgan fingerprint density at radius 1 is 1.18 bits per heavy atom. The summed E-state index contributed by atoms with van der Waals surface area (Å²) in [7, 11) is 0. The lowest BCUT2D eigenvalue weighted by molar-refractivity contribution is -0.157. The molecular weight excluding hydrogens is 438 g/mol. The number of carbonyl (C=O) groups is 2. The van der Waals surface area contributed by atoms with Crippen molar-refractivity contribution in [2.45, 2.75) is 51.1 Å². The van der Waals surface area contributed by atoms with E-state index in [0.717, 1.165) is 11.3 Å². The van der Waals surface area contributed by atoms with E-state index in [4.69, 9.17) is 5.73 Å². The minimum absolute atomic E-state index is 0.0766. The zero-order chi connectivity index (χ0) is 24.6. The number of aliphatic hydroxyl groups excluding tert-OH is 2. The molecule has 1 aliphatic heterocycles. The summed E-state index contributed by atoms with van der Waals surface area (Å²) in [6, 6.07) is 8.70. The van der Waals surface area contributed by atoms with Crippen molar-refractivity contribution in [3.8, 4) is 5.69 Å². The fourth-order valence-corrected chi connectivity index (χ4v) is 4.07. The second-order valence-corrected chi connectivity index (χ2v) is 8.75. The Morgan fingerprint density at radius 2 is 1.88 bits per heavy atom. The molecule has 3 aromatic rings. The molecule has 0 fully saturated rings. The molecule has 0 bridgehead atoms. The van der Waals surface area contributed by atoms with Crippen LogP contribution in [-0.2, 0) is 21.7 Å². The summed E-state index contributed by atoms with van der Waals surface area (Å²) in [5.74, 6) is -1.57. The number of fused-ring (bicyclic) bond motifs is 1. The molecule has 2 amide bonds. The fraction of sp³-hybridized carbons (Fsp3) is 0.348. The summed E-state index contributed by atoms with van der Waals surface area (Å²) in [5.41, 5.74) is 7.66. The third kappa shape index (κ3) is 4.22. The molecule has 3 heterocycles. The van der Waals surface area contributed by atoms with Gasteiger partial charge in [-0.25, -0.2) is 14.6 Å². The van der Waals surface area contributed by atoms with Crippen LogP contribution in [0.25, 0.3) is 5.69 Å². The van der Waals surface area contributed by atoms with Gasteiger partial charge in [0.2, 0.25) is 5.95 Å². The standard InChI is InChI=1S/C23H27N7O4/c1-13(14-5-7-16(8-6-14)30-10-4-9-26-30)27-20(33)17(31)18(32)21(34)29-12-15-11-25-22(24)28-19(15)23(29,2)3/h4-11,13,17-18,31-32H,12H2,1-3H3,(H,27,33)(H2,24,25,28)/t13-,17-,18-/m1/s1. The molecule has 1 aliphatic rings. The molecular formula is C23H27N7O4. The number of rotatable bonds is 6. The van der Waals surface area contributed by atoms with Gasteiger partial charge in [-0.05, 0) is 44.5 Å². The van der Waals surface area contributed by atoms with Crippen LogP contribution in [0.3, 0.4) is 0 Å². The van der Waals surface area contributed by atoms with Crippen LogP contribution in [0.15, 0.2) is 48.9 Å². The van der Waals surface area contributed by atoms with E-state index < -0.39 is 35.6 Å². The van der Waals surface area contributed by atoms with Crippen molar-refractivity contribution in [2.75, 3.05) is 5.73 Å². The Bertz CT molecular complexity index is 1190. The first-order valence-electron chi connectivity index (χ1n) is 10.8. The molecule has 34 heavy (non-hydrogen) atoms. The highest BCUT2D eigenvalue weighted by Crippen LogP contribution is 2.37. The Balaban J connectivity index is 1.41. The first-order chi connectivity index (χ1) is 16.1. The number of hydrogen-bond donors (Lipinski definition) is 4. The molecule has 4 rings (SSSR count). The molecule has 0 radical (unpaired) electrons. The topological polar surface area (TPSA) is 159 Å². The number of hydrogen-bond acceptors (Lipinski definition) is 8. The third-order valence-electron chi connectivity index (χ3n) is 6.07. The highest BCUT2D eigenvalue weighted by atomic mass is 16.3. The predicted octanol–water partition coefficient (Wildman–Crippen LogP) is 0.421. The normalized spacial score (nSPS) is 17.0. The van der Waals surface area contributed by atoms with Crippen molar-refractivity contribution in [2.24, 2.45) is 0 Å². The van der Waals surface area contributed by atoms with Crippen molar-refractivity contribution in [1.29, 1.82) is 0 Å². The van der Waals surface area contributed by atoms with E-state index in [1.807, 2.05) is 36.5 Å². The number of aromatic nitrogens is 4. The minimum atomic E-state index is -1.95. The summed E-state index contributed by atoms with van der Waals surface area (Å²) in [5, 5.41) is 27.8. The molecule has 178 valence electrons. The van der Waals surface area contributed by atoms with Gasteiger partial charge in [-0.3, -0.25) is 9.59 Å². The Hall–Kier alpha value is -3.83. The summed E-state index contributed by atoms with van der Waals surface area (Å²) in [6.07, 6.45) is 1.12. The summed E-state index contributed by atoms with van der Waals surface area (Å²) >= 11 is 0. The number of amides is 2. The average molecular weight is 466 g/mol. The Kier molecular flexibility index (Phi) is 6.07. The predicted molar refractivity (Wildman–Crippen MR) is 122 cm³/mol. The van der Waals surface area contributed by atoms with E-state index in [1.165, 1.54) is 11.1 Å². The Labute approximate surface area is 196 Å². The van der Waals surface area contributed by atoms with Crippen LogP contribution >= 0.6 is 0 Å². The maximum absolute atomic E-state index is 13.0. The SMILES string of the molecule is C[C@@H](NC(=O)[C@H](O)[C@@H](O)C(=O)N1Cc2cnc(N)nc2C1(C)C)c1ccc(-n2cccn2)cc1. The maximum Gasteiger partial charge on any atom is 0.255 e. The molecule has 0 saturated heterocycles. The minimum Gasteiger partial charge on any atom is -0.380 e. The lowest BCUT2D eigenvalue weighted by Gasteiger charge is -2.34. The number of nitrogens with one attached hydrogen (secondary N) is 1. The number of nitrogen functional groups attached to an aromatic ring is 1. The van der Waals surface area contributed by atoms with Crippen LogP contribution in [0.2, 0.25) is 0 Å². The number of nitrogens with two attached hydrogens (primary N) is 1. The highest BCUT2D eigenvalue weighted by Gasteiger charge is 2.46. The number of nitrogens with zero attached hydrogens (tertiary/aromatic N) is 5. The fourth-order valence-electron chi connectivity index (χ4n) is 4.07. The molecule has 3 atom stereocenters. The first-order valence-corrected chi connectivity index (χ1v) is 10.8. The molecule has 0 unspecified atom stereocenters. The monoisotopic (exact) mass is 465 g/mol. The van der Waals surface area contributed by atoms with Crippen LogP contribution < -0.4 is 11.1 Å². The second-order valence-electron chi connectivity index (χ2n) is 8.75. The van der Waals surface area contributed by atoms with Gasteiger partial charge in [0, 0.05) is 24.2 Å². The van der Waals surface area contributed by atoms with Crippen LogP contribution in [0.5, 0.6) is 0 Å². The van der Waals surface area contributed by atoms with Gasteiger partial charge in [-0.2, -0.15) is 5.10 Å². The number of benzene rings is 1. The van der Waals surface area contributed by atoms with Crippen molar-refractivity contribution < 1.29 is 19.8 Å². The molecule has 0 saturated carbocycles.